The summed E-state index contributed by atoms with van der Waals surface area (Å²) in [5, 5.41) is 20.7. The van der Waals surface area contributed by atoms with Crippen LogP contribution in [0.1, 0.15) is 12.7 Å². The Hall–Kier alpha value is -1.99. The SMILES string of the molecule is CCn1cnnc1CNCC(O)COc1ccc(F)cc1. The van der Waals surface area contributed by atoms with Crippen molar-refractivity contribution in [3.8, 4) is 5.75 Å². The quantitative estimate of drug-likeness (QED) is 0.759. The molecular weight excluding hydrogens is 275 g/mol. The minimum absolute atomic E-state index is 0.138. The van der Waals surface area contributed by atoms with Gasteiger partial charge in [0.05, 0.1) is 6.54 Å². The van der Waals surface area contributed by atoms with Gasteiger partial charge in [-0.15, -0.1) is 10.2 Å². The molecule has 1 aromatic carbocycles. The Labute approximate surface area is 122 Å². The maximum atomic E-state index is 12.7. The fourth-order valence-corrected chi connectivity index (χ4v) is 1.81. The van der Waals surface area contributed by atoms with Crippen molar-refractivity contribution < 1.29 is 14.2 Å². The third kappa shape index (κ3) is 4.80. The summed E-state index contributed by atoms with van der Waals surface area (Å²) in [4.78, 5) is 0. The van der Waals surface area contributed by atoms with E-state index in [9.17, 15) is 9.50 Å². The Morgan fingerprint density at radius 2 is 2.14 bits per heavy atom. The lowest BCUT2D eigenvalue weighted by Gasteiger charge is -2.13. The summed E-state index contributed by atoms with van der Waals surface area (Å²) in [5.41, 5.74) is 0. The van der Waals surface area contributed by atoms with Gasteiger partial charge in [0, 0.05) is 13.1 Å². The van der Waals surface area contributed by atoms with Crippen LogP contribution in [0.15, 0.2) is 30.6 Å². The van der Waals surface area contributed by atoms with Crippen LogP contribution in [0.5, 0.6) is 5.75 Å². The number of ether oxygens (including phenoxy) is 1. The summed E-state index contributed by atoms with van der Waals surface area (Å²) < 4.78 is 20.0. The van der Waals surface area contributed by atoms with Crippen molar-refractivity contribution in [1.29, 1.82) is 0 Å². The molecule has 0 amide bonds. The first-order chi connectivity index (χ1) is 10.2. The molecule has 114 valence electrons. The van der Waals surface area contributed by atoms with Crippen LogP contribution in [0.2, 0.25) is 0 Å². The van der Waals surface area contributed by atoms with Crippen LogP contribution in [0.4, 0.5) is 4.39 Å². The number of nitrogens with one attached hydrogen (secondary N) is 1. The molecule has 0 bridgehead atoms. The third-order valence-electron chi connectivity index (χ3n) is 2.96. The van der Waals surface area contributed by atoms with Crippen LogP contribution < -0.4 is 10.1 Å². The Bertz CT molecular complexity index is 544. The summed E-state index contributed by atoms with van der Waals surface area (Å²) in [6.07, 6.45) is 1.01. The van der Waals surface area contributed by atoms with Gasteiger partial charge in [-0.05, 0) is 31.2 Å². The van der Waals surface area contributed by atoms with Gasteiger partial charge in [-0.25, -0.2) is 4.39 Å². The molecule has 6 nitrogen and oxygen atoms in total. The lowest BCUT2D eigenvalue weighted by Crippen LogP contribution is -2.31. The molecule has 1 heterocycles. The summed E-state index contributed by atoms with van der Waals surface area (Å²) in [7, 11) is 0. The van der Waals surface area contributed by atoms with Gasteiger partial charge in [0.15, 0.2) is 0 Å². The van der Waals surface area contributed by atoms with Crippen LogP contribution in [0, 0.1) is 5.82 Å². The van der Waals surface area contributed by atoms with Gasteiger partial charge in [-0.2, -0.15) is 0 Å². The van der Waals surface area contributed by atoms with Crippen molar-refractivity contribution in [3.05, 3.63) is 42.2 Å². The molecule has 1 unspecified atom stereocenters. The number of aryl methyl sites for hydroxylation is 1. The zero-order chi connectivity index (χ0) is 15.1. The van der Waals surface area contributed by atoms with Crippen molar-refractivity contribution in [2.24, 2.45) is 0 Å². The lowest BCUT2D eigenvalue weighted by molar-refractivity contribution is 0.106. The Kier molecular flexibility index (Phi) is 5.65. The van der Waals surface area contributed by atoms with E-state index in [1.54, 1.807) is 6.33 Å². The number of halogens is 1. The second-order valence-corrected chi connectivity index (χ2v) is 4.58. The smallest absolute Gasteiger partial charge is 0.146 e. The number of aliphatic hydroxyl groups is 1. The molecule has 2 N–H and O–H groups in total. The highest BCUT2D eigenvalue weighted by Crippen LogP contribution is 2.11. The number of aliphatic hydroxyl groups excluding tert-OH is 1. The zero-order valence-corrected chi connectivity index (χ0v) is 11.9. The number of rotatable bonds is 8. The Morgan fingerprint density at radius 1 is 1.38 bits per heavy atom. The maximum absolute atomic E-state index is 12.7. The van der Waals surface area contributed by atoms with Gasteiger partial charge < -0.3 is 19.7 Å². The van der Waals surface area contributed by atoms with E-state index in [-0.39, 0.29) is 12.4 Å². The second-order valence-electron chi connectivity index (χ2n) is 4.58. The van der Waals surface area contributed by atoms with Gasteiger partial charge in [-0.3, -0.25) is 0 Å². The highest BCUT2D eigenvalue weighted by Gasteiger charge is 2.07. The van der Waals surface area contributed by atoms with E-state index in [0.29, 0.717) is 18.8 Å². The van der Waals surface area contributed by atoms with E-state index in [0.717, 1.165) is 12.4 Å². The van der Waals surface area contributed by atoms with E-state index in [2.05, 4.69) is 15.5 Å². The highest BCUT2D eigenvalue weighted by atomic mass is 19.1. The molecule has 0 saturated heterocycles. The van der Waals surface area contributed by atoms with Gasteiger partial charge in [0.2, 0.25) is 0 Å². The molecule has 0 aliphatic carbocycles. The molecule has 0 spiro atoms. The van der Waals surface area contributed by atoms with Crippen LogP contribution in [0.3, 0.4) is 0 Å². The van der Waals surface area contributed by atoms with Crippen molar-refractivity contribution in [2.75, 3.05) is 13.2 Å². The molecule has 1 aromatic heterocycles. The lowest BCUT2D eigenvalue weighted by atomic mass is 10.3. The fourth-order valence-electron chi connectivity index (χ4n) is 1.81. The molecule has 7 heteroatoms. The summed E-state index contributed by atoms with van der Waals surface area (Å²) in [6, 6.07) is 5.69. The normalized spacial score (nSPS) is 12.3. The molecule has 0 fully saturated rings. The minimum atomic E-state index is -0.659. The highest BCUT2D eigenvalue weighted by molar-refractivity contribution is 5.22. The van der Waals surface area contributed by atoms with Gasteiger partial charge in [0.25, 0.3) is 0 Å². The minimum Gasteiger partial charge on any atom is -0.491 e. The number of benzene rings is 1. The zero-order valence-electron chi connectivity index (χ0n) is 11.9. The van der Waals surface area contributed by atoms with Gasteiger partial charge >= 0.3 is 0 Å². The van der Waals surface area contributed by atoms with E-state index in [1.807, 2.05) is 11.5 Å². The number of hydrogen-bond donors (Lipinski definition) is 2. The number of nitrogens with zero attached hydrogens (tertiary/aromatic N) is 3. The molecule has 0 aliphatic rings. The summed E-state index contributed by atoms with van der Waals surface area (Å²) in [6.45, 7) is 3.86. The molecule has 0 aliphatic heterocycles. The van der Waals surface area contributed by atoms with Crippen molar-refractivity contribution in [1.82, 2.24) is 20.1 Å². The standard InChI is InChI=1S/C14H19FN4O2/c1-2-19-10-17-18-14(19)8-16-7-12(20)9-21-13-5-3-11(15)4-6-13/h3-6,10,12,16,20H,2,7-9H2,1H3. The van der Waals surface area contributed by atoms with Crippen molar-refractivity contribution in [3.63, 3.8) is 0 Å². The second kappa shape index (κ2) is 7.70. The predicted molar refractivity (Wildman–Crippen MR) is 75.3 cm³/mol. The largest absolute Gasteiger partial charge is 0.491 e. The first kappa shape index (κ1) is 15.4. The average Bonchev–Trinajstić information content (AvgIpc) is 2.94. The third-order valence-corrected chi connectivity index (χ3v) is 2.96. The summed E-state index contributed by atoms with van der Waals surface area (Å²) in [5.74, 6) is 1.04. The van der Waals surface area contributed by atoms with Crippen molar-refractivity contribution >= 4 is 0 Å². The van der Waals surface area contributed by atoms with Crippen molar-refractivity contribution in [2.45, 2.75) is 26.1 Å². The Balaban J connectivity index is 1.68. The number of hydrogen-bond acceptors (Lipinski definition) is 5. The Morgan fingerprint density at radius 3 is 2.86 bits per heavy atom. The monoisotopic (exact) mass is 294 g/mol. The molecule has 2 aromatic rings. The van der Waals surface area contributed by atoms with Crippen LogP contribution in [-0.2, 0) is 13.1 Å². The number of aromatic nitrogens is 3. The van der Waals surface area contributed by atoms with E-state index in [4.69, 9.17) is 4.74 Å². The predicted octanol–water partition coefficient (Wildman–Crippen LogP) is 0.967. The molecule has 0 saturated carbocycles. The van der Waals surface area contributed by atoms with Crippen LogP contribution in [0.25, 0.3) is 0 Å². The average molecular weight is 294 g/mol. The first-order valence-corrected chi connectivity index (χ1v) is 6.83. The topological polar surface area (TPSA) is 72.2 Å². The fraction of sp³-hybridized carbons (Fsp3) is 0.429. The maximum Gasteiger partial charge on any atom is 0.146 e. The van der Waals surface area contributed by atoms with Gasteiger partial charge in [0.1, 0.15) is 36.4 Å². The van der Waals surface area contributed by atoms with Gasteiger partial charge in [-0.1, -0.05) is 0 Å². The van der Waals surface area contributed by atoms with Crippen LogP contribution >= 0.6 is 0 Å². The molecule has 2 rings (SSSR count). The molecule has 0 radical (unpaired) electrons. The van der Waals surface area contributed by atoms with E-state index in [1.165, 1.54) is 24.3 Å². The molecule has 1 atom stereocenters. The first-order valence-electron chi connectivity index (χ1n) is 6.83. The van der Waals surface area contributed by atoms with E-state index < -0.39 is 6.10 Å². The molecular formula is C14H19FN4O2. The van der Waals surface area contributed by atoms with E-state index >= 15 is 0 Å². The van der Waals surface area contributed by atoms with Crippen LogP contribution in [-0.4, -0.2) is 39.1 Å². The molecule has 21 heavy (non-hydrogen) atoms. The summed E-state index contributed by atoms with van der Waals surface area (Å²) >= 11 is 0.